The number of nitrogens with one attached hydrogen (secondary N) is 1. The Morgan fingerprint density at radius 2 is 2.06 bits per heavy atom. The van der Waals surface area contributed by atoms with Gasteiger partial charge in [0.05, 0.1) is 11.5 Å². The molecular weight excluding hydrogens is 293 g/mol. The van der Waals surface area contributed by atoms with Crippen LogP contribution < -0.4 is 5.32 Å². The molecule has 0 radical (unpaired) electrons. The van der Waals surface area contributed by atoms with Crippen LogP contribution >= 0.6 is 34.8 Å². The summed E-state index contributed by atoms with van der Waals surface area (Å²) >= 11 is 17.9. The Balaban J connectivity index is 2.05. The third-order valence-corrected chi connectivity index (χ3v) is 4.79. The summed E-state index contributed by atoms with van der Waals surface area (Å²) in [6, 6.07) is 7.27. The quantitative estimate of drug-likeness (QED) is 0.837. The zero-order chi connectivity index (χ0) is 13.6. The zero-order valence-electron chi connectivity index (χ0n) is 10.1. The van der Waals surface area contributed by atoms with Gasteiger partial charge in [-0.15, -0.1) is 23.2 Å². The average molecular weight is 307 g/mol. The van der Waals surface area contributed by atoms with Crippen molar-refractivity contribution in [2.75, 3.05) is 0 Å². The molecule has 98 valence electrons. The highest BCUT2D eigenvalue weighted by Crippen LogP contribution is 2.63. The third-order valence-electron chi connectivity index (χ3n) is 3.46. The number of amides is 1. The van der Waals surface area contributed by atoms with E-state index in [0.717, 1.165) is 5.56 Å². The van der Waals surface area contributed by atoms with Crippen LogP contribution in [0.4, 0.5) is 0 Å². The van der Waals surface area contributed by atoms with Crippen molar-refractivity contribution in [2.24, 2.45) is 5.41 Å². The zero-order valence-corrected chi connectivity index (χ0v) is 12.4. The van der Waals surface area contributed by atoms with Crippen LogP contribution in [0.25, 0.3) is 0 Å². The van der Waals surface area contributed by atoms with Gasteiger partial charge in [-0.1, -0.05) is 23.7 Å². The van der Waals surface area contributed by atoms with Crippen LogP contribution in [0.1, 0.15) is 31.9 Å². The van der Waals surface area contributed by atoms with Crippen LogP contribution in [0.15, 0.2) is 24.3 Å². The molecule has 0 heterocycles. The molecule has 1 aromatic carbocycles. The highest BCUT2D eigenvalue weighted by Gasteiger charge is 2.67. The first-order chi connectivity index (χ1) is 8.26. The lowest BCUT2D eigenvalue weighted by Gasteiger charge is -2.18. The van der Waals surface area contributed by atoms with Crippen molar-refractivity contribution >= 4 is 40.7 Å². The van der Waals surface area contributed by atoms with Crippen molar-refractivity contribution in [3.63, 3.8) is 0 Å². The molecule has 5 heteroatoms. The lowest BCUT2D eigenvalue weighted by molar-refractivity contribution is -0.126. The normalized spacial score (nSPS) is 26.5. The minimum atomic E-state index is -0.939. The summed E-state index contributed by atoms with van der Waals surface area (Å²) in [6.07, 6.45) is 0.483. The number of hydrogen-bond donors (Lipinski definition) is 1. The summed E-state index contributed by atoms with van der Waals surface area (Å²) < 4.78 is -0.939. The number of carbonyl (C=O) groups is 1. The molecule has 0 aliphatic heterocycles. The molecule has 1 N–H and O–H groups in total. The van der Waals surface area contributed by atoms with Crippen molar-refractivity contribution in [3.8, 4) is 0 Å². The highest BCUT2D eigenvalue weighted by atomic mass is 35.5. The largest absolute Gasteiger partial charge is 0.349 e. The molecule has 2 rings (SSSR count). The minimum Gasteiger partial charge on any atom is -0.349 e. The van der Waals surface area contributed by atoms with E-state index in [1.165, 1.54) is 0 Å². The maximum atomic E-state index is 12.1. The van der Waals surface area contributed by atoms with Gasteiger partial charge >= 0.3 is 0 Å². The molecule has 1 amide bonds. The molecular formula is C13H14Cl3NO. The molecule has 2 unspecified atom stereocenters. The van der Waals surface area contributed by atoms with E-state index in [-0.39, 0.29) is 11.9 Å². The summed E-state index contributed by atoms with van der Waals surface area (Å²) in [5.74, 6) is -0.125. The predicted octanol–water partition coefficient (Wildman–Crippen LogP) is 4.10. The number of benzene rings is 1. The molecule has 1 aromatic rings. The summed E-state index contributed by atoms with van der Waals surface area (Å²) in [4.78, 5) is 12.1. The first kappa shape index (κ1) is 14.0. The second-order valence-corrected chi connectivity index (χ2v) is 6.88. The van der Waals surface area contributed by atoms with E-state index in [1.54, 1.807) is 13.0 Å². The van der Waals surface area contributed by atoms with Crippen molar-refractivity contribution in [1.29, 1.82) is 0 Å². The Morgan fingerprint density at radius 1 is 1.44 bits per heavy atom. The fourth-order valence-corrected chi connectivity index (χ4v) is 2.77. The summed E-state index contributed by atoms with van der Waals surface area (Å²) in [5.41, 5.74) is 0.262. The second-order valence-electron chi connectivity index (χ2n) is 4.96. The van der Waals surface area contributed by atoms with Crippen molar-refractivity contribution in [2.45, 2.75) is 30.6 Å². The summed E-state index contributed by atoms with van der Waals surface area (Å²) in [5, 5.41) is 3.56. The average Bonchev–Trinajstić information content (AvgIpc) is 2.79. The second kappa shape index (κ2) is 4.59. The molecule has 0 spiro atoms. The molecule has 1 aliphatic rings. The van der Waals surface area contributed by atoms with E-state index >= 15 is 0 Å². The first-order valence-corrected chi connectivity index (χ1v) is 6.84. The van der Waals surface area contributed by atoms with Crippen LogP contribution in [-0.2, 0) is 4.79 Å². The molecule has 0 bridgehead atoms. The maximum absolute atomic E-state index is 12.1. The summed E-state index contributed by atoms with van der Waals surface area (Å²) in [7, 11) is 0. The van der Waals surface area contributed by atoms with Crippen molar-refractivity contribution in [3.05, 3.63) is 34.9 Å². The van der Waals surface area contributed by atoms with Crippen LogP contribution in [0, 0.1) is 5.41 Å². The van der Waals surface area contributed by atoms with Gasteiger partial charge in [0.2, 0.25) is 5.91 Å². The molecule has 1 aliphatic carbocycles. The van der Waals surface area contributed by atoms with Gasteiger partial charge in [0.25, 0.3) is 0 Å². The van der Waals surface area contributed by atoms with E-state index in [9.17, 15) is 4.79 Å². The number of alkyl halides is 2. The molecule has 2 nitrogen and oxygen atoms in total. The number of rotatable bonds is 3. The molecule has 18 heavy (non-hydrogen) atoms. The van der Waals surface area contributed by atoms with Crippen LogP contribution in [0.2, 0.25) is 5.02 Å². The van der Waals surface area contributed by atoms with Crippen LogP contribution in [-0.4, -0.2) is 10.2 Å². The first-order valence-electron chi connectivity index (χ1n) is 5.70. The smallest absolute Gasteiger partial charge is 0.229 e. The lowest BCUT2D eigenvalue weighted by atomic mass is 10.1. The fraction of sp³-hybridized carbons (Fsp3) is 0.462. The van der Waals surface area contributed by atoms with Gasteiger partial charge in [-0.25, -0.2) is 0 Å². The van der Waals surface area contributed by atoms with Crippen LogP contribution in [0.3, 0.4) is 0 Å². The lowest BCUT2D eigenvalue weighted by Crippen LogP contribution is -2.35. The minimum absolute atomic E-state index is 0.125. The number of carbonyl (C=O) groups excluding carboxylic acids is 1. The van der Waals surface area contributed by atoms with Gasteiger partial charge in [-0.3, -0.25) is 4.79 Å². The van der Waals surface area contributed by atoms with E-state index < -0.39 is 9.75 Å². The SMILES string of the molecule is CC(NC(=O)C1(C)CC1(Cl)Cl)c1cccc(Cl)c1. The Labute approximate surface area is 122 Å². The molecule has 2 atom stereocenters. The third kappa shape index (κ3) is 2.47. The molecule has 0 aromatic heterocycles. The Bertz CT molecular complexity index is 489. The van der Waals surface area contributed by atoms with Gasteiger partial charge in [0, 0.05) is 5.02 Å². The van der Waals surface area contributed by atoms with Crippen molar-refractivity contribution in [1.82, 2.24) is 5.32 Å². The fourth-order valence-electron chi connectivity index (χ4n) is 1.86. The Morgan fingerprint density at radius 3 is 2.56 bits per heavy atom. The van der Waals surface area contributed by atoms with Gasteiger partial charge in [0.1, 0.15) is 4.33 Å². The van der Waals surface area contributed by atoms with Crippen molar-refractivity contribution < 1.29 is 4.79 Å². The molecule has 1 saturated carbocycles. The predicted molar refractivity (Wildman–Crippen MR) is 75.2 cm³/mol. The van der Waals surface area contributed by atoms with E-state index in [4.69, 9.17) is 34.8 Å². The van der Waals surface area contributed by atoms with Gasteiger partial charge in [0.15, 0.2) is 0 Å². The molecule has 0 saturated heterocycles. The Kier molecular flexibility index (Phi) is 3.56. The maximum Gasteiger partial charge on any atom is 0.229 e. The van der Waals surface area contributed by atoms with Crippen LogP contribution in [0.5, 0.6) is 0 Å². The standard InChI is InChI=1S/C13H14Cl3NO/c1-8(9-4-3-5-10(14)6-9)17-11(18)12(2)7-13(12,15)16/h3-6,8H,7H2,1-2H3,(H,17,18). The van der Waals surface area contributed by atoms with E-state index in [1.807, 2.05) is 25.1 Å². The van der Waals surface area contributed by atoms with E-state index in [2.05, 4.69) is 5.32 Å². The van der Waals surface area contributed by atoms with E-state index in [0.29, 0.717) is 11.4 Å². The Hall–Kier alpha value is -0.440. The monoisotopic (exact) mass is 305 g/mol. The number of halogens is 3. The topological polar surface area (TPSA) is 29.1 Å². The summed E-state index contributed by atoms with van der Waals surface area (Å²) in [6.45, 7) is 3.67. The van der Waals surface area contributed by atoms with Gasteiger partial charge in [-0.05, 0) is 38.0 Å². The number of hydrogen-bond acceptors (Lipinski definition) is 1. The molecule has 1 fully saturated rings. The van der Waals surface area contributed by atoms with Gasteiger partial charge in [-0.2, -0.15) is 0 Å². The van der Waals surface area contributed by atoms with Gasteiger partial charge < -0.3 is 5.32 Å². The highest BCUT2D eigenvalue weighted by molar-refractivity contribution is 6.53.